The summed E-state index contributed by atoms with van der Waals surface area (Å²) in [4.78, 5) is 8.95. The quantitative estimate of drug-likeness (QED) is 0.423. The molecule has 1 aromatic heterocycles. The molecule has 3 rings (SSSR count). The topological polar surface area (TPSA) is 88.5 Å². The molecule has 0 fully saturated rings. The number of methoxy groups -OCH3 is 2. The highest BCUT2D eigenvalue weighted by molar-refractivity contribution is 6.32. The zero-order valence-corrected chi connectivity index (χ0v) is 19.1. The van der Waals surface area contributed by atoms with Crippen molar-refractivity contribution in [2.75, 3.05) is 38.0 Å². The van der Waals surface area contributed by atoms with Crippen LogP contribution in [0.2, 0.25) is 5.02 Å². The smallest absolute Gasteiger partial charge is 0.147 e. The third kappa shape index (κ3) is 5.29. The third-order valence-electron chi connectivity index (χ3n) is 4.92. The SMILES string of the molecule is COc1ccc(CNc2ncnc3c(CCO)c(OC)c(NCC(C)C)cc23)cc1Cl. The predicted octanol–water partition coefficient (Wildman–Crippen LogP) is 4.52. The van der Waals surface area contributed by atoms with Gasteiger partial charge in [0.15, 0.2) is 0 Å². The molecule has 7 nitrogen and oxygen atoms in total. The Kier molecular flexibility index (Phi) is 7.76. The highest BCUT2D eigenvalue weighted by atomic mass is 35.5. The normalized spacial score (nSPS) is 11.1. The Morgan fingerprint density at radius 3 is 2.55 bits per heavy atom. The van der Waals surface area contributed by atoms with Gasteiger partial charge in [-0.1, -0.05) is 31.5 Å². The van der Waals surface area contributed by atoms with E-state index < -0.39 is 0 Å². The maximum Gasteiger partial charge on any atom is 0.147 e. The summed E-state index contributed by atoms with van der Waals surface area (Å²) in [5.74, 6) is 2.51. The van der Waals surface area contributed by atoms with Crippen molar-refractivity contribution in [2.45, 2.75) is 26.8 Å². The van der Waals surface area contributed by atoms with E-state index in [4.69, 9.17) is 21.1 Å². The fourth-order valence-electron chi connectivity index (χ4n) is 3.42. The fourth-order valence-corrected chi connectivity index (χ4v) is 3.70. The van der Waals surface area contributed by atoms with Crippen LogP contribution in [-0.2, 0) is 13.0 Å². The van der Waals surface area contributed by atoms with E-state index in [0.717, 1.165) is 34.3 Å². The summed E-state index contributed by atoms with van der Waals surface area (Å²) in [5, 5.41) is 17.9. The second kappa shape index (κ2) is 10.5. The van der Waals surface area contributed by atoms with Crippen molar-refractivity contribution in [2.24, 2.45) is 5.92 Å². The third-order valence-corrected chi connectivity index (χ3v) is 5.22. The number of aliphatic hydroxyl groups is 1. The van der Waals surface area contributed by atoms with Crippen LogP contribution in [0.1, 0.15) is 25.0 Å². The second-order valence-corrected chi connectivity index (χ2v) is 8.03. The van der Waals surface area contributed by atoms with E-state index >= 15 is 0 Å². The molecule has 31 heavy (non-hydrogen) atoms. The summed E-state index contributed by atoms with van der Waals surface area (Å²) in [7, 11) is 3.23. The number of anilines is 2. The first kappa shape index (κ1) is 22.9. The van der Waals surface area contributed by atoms with Crippen molar-refractivity contribution < 1.29 is 14.6 Å². The Labute approximate surface area is 187 Å². The molecule has 0 bridgehead atoms. The number of hydrogen-bond acceptors (Lipinski definition) is 7. The summed E-state index contributed by atoms with van der Waals surface area (Å²) < 4.78 is 10.9. The molecule has 1 heterocycles. The van der Waals surface area contributed by atoms with Crippen LogP contribution in [0.3, 0.4) is 0 Å². The van der Waals surface area contributed by atoms with Crippen LogP contribution in [0.15, 0.2) is 30.6 Å². The van der Waals surface area contributed by atoms with E-state index in [9.17, 15) is 5.11 Å². The zero-order valence-electron chi connectivity index (χ0n) is 18.3. The molecule has 0 amide bonds. The van der Waals surface area contributed by atoms with Crippen LogP contribution in [-0.4, -0.2) is 42.4 Å². The van der Waals surface area contributed by atoms with Crippen molar-refractivity contribution in [3.05, 3.63) is 46.7 Å². The van der Waals surface area contributed by atoms with Gasteiger partial charge in [-0.2, -0.15) is 0 Å². The van der Waals surface area contributed by atoms with Gasteiger partial charge in [0, 0.05) is 37.1 Å². The number of halogens is 1. The van der Waals surface area contributed by atoms with Gasteiger partial charge in [-0.25, -0.2) is 9.97 Å². The Hall–Kier alpha value is -2.77. The summed E-state index contributed by atoms with van der Waals surface area (Å²) in [6, 6.07) is 7.67. The van der Waals surface area contributed by atoms with Gasteiger partial charge in [-0.15, -0.1) is 0 Å². The lowest BCUT2D eigenvalue weighted by molar-refractivity contribution is 0.297. The number of aromatic nitrogens is 2. The van der Waals surface area contributed by atoms with E-state index in [2.05, 4.69) is 34.4 Å². The average molecular weight is 445 g/mol. The highest BCUT2D eigenvalue weighted by Gasteiger charge is 2.18. The molecule has 0 unspecified atom stereocenters. The minimum absolute atomic E-state index is 0.00376. The summed E-state index contributed by atoms with van der Waals surface area (Å²) in [6.45, 7) is 5.61. The summed E-state index contributed by atoms with van der Waals surface area (Å²) in [6.07, 6.45) is 1.95. The zero-order chi connectivity index (χ0) is 22.4. The first-order valence-electron chi connectivity index (χ1n) is 10.2. The van der Waals surface area contributed by atoms with Gasteiger partial charge in [-0.3, -0.25) is 0 Å². The van der Waals surface area contributed by atoms with E-state index in [1.54, 1.807) is 14.2 Å². The first-order chi connectivity index (χ1) is 15.0. The van der Waals surface area contributed by atoms with Crippen LogP contribution < -0.4 is 20.1 Å². The van der Waals surface area contributed by atoms with Crippen LogP contribution in [0, 0.1) is 5.92 Å². The Morgan fingerprint density at radius 1 is 1.10 bits per heavy atom. The largest absolute Gasteiger partial charge is 0.495 e. The van der Waals surface area contributed by atoms with E-state index in [1.807, 2.05) is 24.3 Å². The molecule has 166 valence electrons. The minimum atomic E-state index is -0.00376. The van der Waals surface area contributed by atoms with Gasteiger partial charge in [0.2, 0.25) is 0 Å². The van der Waals surface area contributed by atoms with Crippen molar-refractivity contribution in [1.29, 1.82) is 0 Å². The summed E-state index contributed by atoms with van der Waals surface area (Å²) >= 11 is 6.25. The van der Waals surface area contributed by atoms with E-state index in [0.29, 0.717) is 41.2 Å². The molecular formula is C23H29ClN4O3. The number of benzene rings is 2. The molecular weight excluding hydrogens is 416 g/mol. The van der Waals surface area contributed by atoms with Crippen LogP contribution >= 0.6 is 11.6 Å². The summed E-state index contributed by atoms with van der Waals surface area (Å²) in [5.41, 5.74) is 3.47. The maximum atomic E-state index is 9.64. The van der Waals surface area contributed by atoms with Gasteiger partial charge < -0.3 is 25.2 Å². The Bertz CT molecular complexity index is 1040. The van der Waals surface area contributed by atoms with Crippen LogP contribution in [0.5, 0.6) is 11.5 Å². The average Bonchev–Trinajstić information content (AvgIpc) is 2.76. The number of hydrogen-bond donors (Lipinski definition) is 3. The van der Waals surface area contributed by atoms with Crippen molar-refractivity contribution in [3.8, 4) is 11.5 Å². The van der Waals surface area contributed by atoms with Gasteiger partial charge >= 0.3 is 0 Å². The molecule has 0 aliphatic rings. The molecule has 3 N–H and O–H groups in total. The van der Waals surface area contributed by atoms with Gasteiger partial charge in [0.05, 0.1) is 30.4 Å². The molecule has 0 aliphatic carbocycles. The Morgan fingerprint density at radius 2 is 1.90 bits per heavy atom. The molecule has 8 heteroatoms. The number of nitrogens with one attached hydrogen (secondary N) is 2. The van der Waals surface area contributed by atoms with Gasteiger partial charge in [0.1, 0.15) is 23.6 Å². The fraction of sp³-hybridized carbons (Fsp3) is 0.391. The monoisotopic (exact) mass is 444 g/mol. The van der Waals surface area contributed by atoms with Gasteiger partial charge in [0.25, 0.3) is 0 Å². The van der Waals surface area contributed by atoms with Crippen LogP contribution in [0.25, 0.3) is 10.9 Å². The second-order valence-electron chi connectivity index (χ2n) is 7.63. The van der Waals surface area contributed by atoms with Crippen LogP contribution in [0.4, 0.5) is 11.5 Å². The Balaban J connectivity index is 2.00. The number of ether oxygens (including phenoxy) is 2. The molecule has 0 saturated carbocycles. The molecule has 3 aromatic rings. The van der Waals surface area contributed by atoms with E-state index in [-0.39, 0.29) is 6.61 Å². The van der Waals surface area contributed by atoms with Crippen molar-refractivity contribution >= 4 is 34.0 Å². The lowest BCUT2D eigenvalue weighted by atomic mass is 10.0. The molecule has 0 atom stereocenters. The van der Waals surface area contributed by atoms with Gasteiger partial charge in [-0.05, 0) is 29.7 Å². The standard InChI is InChI=1S/C23H29ClN4O3/c1-14(2)11-25-19-10-17-21(16(7-8-29)22(19)31-4)27-13-28-23(17)26-12-15-5-6-20(30-3)18(24)9-15/h5-6,9-10,13-14,25,29H,7-8,11-12H2,1-4H3,(H,26,27,28). The first-order valence-corrected chi connectivity index (χ1v) is 10.6. The molecule has 0 radical (unpaired) electrons. The number of rotatable bonds is 10. The predicted molar refractivity (Wildman–Crippen MR) is 126 cm³/mol. The lowest BCUT2D eigenvalue weighted by Crippen LogP contribution is -2.11. The number of nitrogens with zero attached hydrogens (tertiary/aromatic N) is 2. The maximum absolute atomic E-state index is 9.64. The highest BCUT2D eigenvalue weighted by Crippen LogP contribution is 2.37. The number of aliphatic hydroxyl groups excluding tert-OH is 1. The van der Waals surface area contributed by atoms with Crippen molar-refractivity contribution in [1.82, 2.24) is 9.97 Å². The minimum Gasteiger partial charge on any atom is -0.495 e. The number of fused-ring (bicyclic) bond motifs is 1. The molecule has 2 aromatic carbocycles. The molecule has 0 aliphatic heterocycles. The molecule has 0 saturated heterocycles. The van der Waals surface area contributed by atoms with Crippen molar-refractivity contribution in [3.63, 3.8) is 0 Å². The lowest BCUT2D eigenvalue weighted by Gasteiger charge is -2.19. The molecule has 0 spiro atoms. The van der Waals surface area contributed by atoms with E-state index in [1.165, 1.54) is 6.33 Å².